The summed E-state index contributed by atoms with van der Waals surface area (Å²) < 4.78 is 16.5. The number of rotatable bonds is 5. The third-order valence-electron chi connectivity index (χ3n) is 5.40. The number of nitrogens with zero attached hydrogens (tertiary/aromatic N) is 2. The molecular weight excluding hydrogens is 424 g/mol. The fraction of sp³-hybridized carbons (Fsp3) is 0.640. The van der Waals surface area contributed by atoms with Gasteiger partial charge in [0.05, 0.1) is 18.7 Å². The number of carbonyl (C=O) groups is 3. The molecule has 0 aliphatic carbocycles. The first-order valence-corrected chi connectivity index (χ1v) is 11.7. The molecule has 8 heteroatoms. The molecule has 3 amide bonds. The highest BCUT2D eigenvalue weighted by molar-refractivity contribution is 5.93. The van der Waals surface area contributed by atoms with Crippen LogP contribution >= 0.6 is 0 Å². The van der Waals surface area contributed by atoms with Crippen LogP contribution in [0.3, 0.4) is 0 Å². The first-order valence-electron chi connectivity index (χ1n) is 11.7. The van der Waals surface area contributed by atoms with Crippen LogP contribution in [0.15, 0.2) is 30.3 Å². The smallest absolute Gasteiger partial charge is 0.416 e. The van der Waals surface area contributed by atoms with Gasteiger partial charge < -0.3 is 14.2 Å². The zero-order valence-corrected chi connectivity index (χ0v) is 20.9. The van der Waals surface area contributed by atoms with E-state index >= 15 is 0 Å². The highest BCUT2D eigenvalue weighted by Gasteiger charge is 2.46. The van der Waals surface area contributed by atoms with Crippen molar-refractivity contribution in [1.82, 2.24) is 9.80 Å². The second-order valence-corrected chi connectivity index (χ2v) is 9.48. The van der Waals surface area contributed by atoms with Gasteiger partial charge in [-0.25, -0.2) is 14.5 Å². The zero-order chi connectivity index (χ0) is 24.8. The molecule has 2 fully saturated rings. The molecule has 0 N–H and O–H groups in total. The van der Waals surface area contributed by atoms with Crippen molar-refractivity contribution in [2.24, 2.45) is 0 Å². The maximum atomic E-state index is 12.9. The number of amides is 3. The van der Waals surface area contributed by atoms with Gasteiger partial charge in [0, 0.05) is 6.42 Å². The van der Waals surface area contributed by atoms with Crippen molar-refractivity contribution in [3.05, 3.63) is 35.9 Å². The zero-order valence-electron chi connectivity index (χ0n) is 20.9. The summed E-state index contributed by atoms with van der Waals surface area (Å²) in [6.07, 6.45) is -0.0809. The molecule has 0 spiro atoms. The number of ether oxygens (including phenoxy) is 3. The predicted molar refractivity (Wildman–Crippen MR) is 125 cm³/mol. The van der Waals surface area contributed by atoms with Gasteiger partial charge in [0.1, 0.15) is 17.9 Å². The molecule has 2 aliphatic rings. The third-order valence-corrected chi connectivity index (χ3v) is 5.40. The summed E-state index contributed by atoms with van der Waals surface area (Å²) in [5.41, 5.74) is -0.441. The highest BCUT2D eigenvalue weighted by atomic mass is 16.6. The lowest BCUT2D eigenvalue weighted by Crippen LogP contribution is -2.50. The second kappa shape index (κ2) is 11.0. The second-order valence-electron chi connectivity index (χ2n) is 9.48. The molecule has 3 rings (SSSR count). The van der Waals surface area contributed by atoms with Crippen molar-refractivity contribution in [3.8, 4) is 0 Å². The van der Waals surface area contributed by atoms with E-state index in [-0.39, 0.29) is 31.0 Å². The van der Waals surface area contributed by atoms with Gasteiger partial charge in [0.15, 0.2) is 0 Å². The molecule has 33 heavy (non-hydrogen) atoms. The quantitative estimate of drug-likeness (QED) is 0.627. The summed E-state index contributed by atoms with van der Waals surface area (Å²) in [5, 5.41) is 0. The molecule has 0 aromatic heterocycles. The molecule has 2 atom stereocenters. The van der Waals surface area contributed by atoms with Crippen LogP contribution in [0.4, 0.5) is 9.59 Å². The minimum absolute atomic E-state index is 0.101. The van der Waals surface area contributed by atoms with Crippen molar-refractivity contribution in [1.29, 1.82) is 0 Å². The average molecular weight is 463 g/mol. The number of imide groups is 1. The summed E-state index contributed by atoms with van der Waals surface area (Å²) in [7, 11) is 0. The number of benzene rings is 1. The lowest BCUT2D eigenvalue weighted by molar-refractivity contribution is -0.129. The van der Waals surface area contributed by atoms with E-state index in [0.29, 0.717) is 19.4 Å². The van der Waals surface area contributed by atoms with Gasteiger partial charge in [0.25, 0.3) is 0 Å². The van der Waals surface area contributed by atoms with E-state index in [9.17, 15) is 14.4 Å². The van der Waals surface area contributed by atoms with Gasteiger partial charge in [-0.1, -0.05) is 44.2 Å². The molecule has 2 saturated heterocycles. The number of carbonyl (C=O) groups excluding carboxylic acids is 3. The van der Waals surface area contributed by atoms with E-state index in [1.807, 2.05) is 44.2 Å². The van der Waals surface area contributed by atoms with E-state index in [1.165, 1.54) is 4.90 Å². The van der Waals surface area contributed by atoms with Gasteiger partial charge >= 0.3 is 12.2 Å². The minimum atomic E-state index is -0.835. The summed E-state index contributed by atoms with van der Waals surface area (Å²) in [6.45, 7) is 13.5. The Labute approximate surface area is 197 Å². The van der Waals surface area contributed by atoms with Crippen molar-refractivity contribution in [2.75, 3.05) is 13.2 Å². The van der Waals surface area contributed by atoms with Gasteiger partial charge in [-0.2, -0.15) is 0 Å². The van der Waals surface area contributed by atoms with Crippen molar-refractivity contribution in [3.63, 3.8) is 0 Å². The Balaban J connectivity index is 0.00000187. The average Bonchev–Trinajstić information content (AvgIpc) is 3.25. The Morgan fingerprint density at radius 2 is 1.73 bits per heavy atom. The van der Waals surface area contributed by atoms with Crippen molar-refractivity contribution in [2.45, 2.75) is 91.1 Å². The minimum Gasteiger partial charge on any atom is -0.447 e. The number of cyclic esters (lactones) is 1. The van der Waals surface area contributed by atoms with E-state index in [2.05, 4.69) is 0 Å². The topological polar surface area (TPSA) is 85.4 Å². The van der Waals surface area contributed by atoms with Gasteiger partial charge in [0.2, 0.25) is 5.91 Å². The summed E-state index contributed by atoms with van der Waals surface area (Å²) in [4.78, 5) is 40.7. The van der Waals surface area contributed by atoms with Crippen molar-refractivity contribution >= 4 is 18.1 Å². The first kappa shape index (κ1) is 26.6. The monoisotopic (exact) mass is 462 g/mol. The van der Waals surface area contributed by atoms with Crippen LogP contribution < -0.4 is 0 Å². The predicted octanol–water partition coefficient (Wildman–Crippen LogP) is 4.75. The van der Waals surface area contributed by atoms with E-state index < -0.39 is 23.5 Å². The fourth-order valence-electron chi connectivity index (χ4n) is 3.99. The highest BCUT2D eigenvalue weighted by Crippen LogP contribution is 2.32. The maximum absolute atomic E-state index is 12.9. The lowest BCUT2D eigenvalue weighted by atomic mass is 10.0. The Morgan fingerprint density at radius 3 is 2.33 bits per heavy atom. The SMILES string of the molecule is CC.CC(C)(C)OC(=O)N1[C@@H](CCC(=O)N2C(=O)OC[C@@H]2Cc2ccccc2)COC1(C)C. The maximum Gasteiger partial charge on any atom is 0.416 e. The van der Waals surface area contributed by atoms with Crippen LogP contribution in [0.25, 0.3) is 0 Å². The molecule has 184 valence electrons. The Hall–Kier alpha value is -2.61. The van der Waals surface area contributed by atoms with Crippen LogP contribution in [-0.2, 0) is 25.4 Å². The third kappa shape index (κ3) is 6.93. The van der Waals surface area contributed by atoms with Gasteiger partial charge in [-0.05, 0) is 53.0 Å². The molecule has 0 bridgehead atoms. The van der Waals surface area contributed by atoms with E-state index in [0.717, 1.165) is 5.56 Å². The van der Waals surface area contributed by atoms with Crippen LogP contribution in [0.1, 0.15) is 66.9 Å². The molecule has 8 nitrogen and oxygen atoms in total. The van der Waals surface area contributed by atoms with E-state index in [1.54, 1.807) is 39.5 Å². The summed E-state index contributed by atoms with van der Waals surface area (Å²) >= 11 is 0. The van der Waals surface area contributed by atoms with Crippen LogP contribution in [0.5, 0.6) is 0 Å². The molecule has 2 aliphatic heterocycles. The molecule has 0 radical (unpaired) electrons. The molecule has 1 aromatic rings. The van der Waals surface area contributed by atoms with Gasteiger partial charge in [-0.15, -0.1) is 0 Å². The lowest BCUT2D eigenvalue weighted by Gasteiger charge is -2.35. The Kier molecular flexibility index (Phi) is 8.89. The summed E-state index contributed by atoms with van der Waals surface area (Å²) in [6, 6.07) is 9.04. The number of hydrogen-bond acceptors (Lipinski definition) is 6. The fourth-order valence-corrected chi connectivity index (χ4v) is 3.99. The molecule has 1 aromatic carbocycles. The Bertz CT molecular complexity index is 818. The van der Waals surface area contributed by atoms with Crippen LogP contribution in [0, 0.1) is 0 Å². The molecule has 2 heterocycles. The standard InChI is InChI=1S/C23H32N2O6.C2H6/c1-22(2,3)31-21(28)25-17(15-30-23(25,4)5)11-12-19(26)24-18(14-29-20(24)27)13-16-9-7-6-8-10-16;1-2/h6-10,17-18H,11-15H2,1-5H3;1-2H3/t17-,18-;/m0./s1. The number of hydrogen-bond donors (Lipinski definition) is 0. The van der Waals surface area contributed by atoms with Gasteiger partial charge in [-0.3, -0.25) is 9.69 Å². The van der Waals surface area contributed by atoms with Crippen LogP contribution in [0.2, 0.25) is 0 Å². The molecule has 0 saturated carbocycles. The first-order chi connectivity index (χ1) is 15.5. The van der Waals surface area contributed by atoms with E-state index in [4.69, 9.17) is 14.2 Å². The largest absolute Gasteiger partial charge is 0.447 e. The normalized spacial score (nSPS) is 21.8. The van der Waals surface area contributed by atoms with Crippen LogP contribution in [-0.4, -0.2) is 64.5 Å². The van der Waals surface area contributed by atoms with Crippen molar-refractivity contribution < 1.29 is 28.6 Å². The molecular formula is C25H38N2O6. The Morgan fingerprint density at radius 1 is 1.09 bits per heavy atom. The summed E-state index contributed by atoms with van der Waals surface area (Å²) in [5.74, 6) is -0.308. The molecule has 0 unspecified atom stereocenters.